The lowest BCUT2D eigenvalue weighted by molar-refractivity contribution is 0.0846. The molecule has 0 fully saturated rings. The van der Waals surface area contributed by atoms with Gasteiger partial charge in [0.25, 0.3) is 11.8 Å². The molecule has 0 spiro atoms. The molecule has 2 N–H and O–H groups in total. The maximum Gasteiger partial charge on any atom is 0.271 e. The predicted molar refractivity (Wildman–Crippen MR) is 84.3 cm³/mol. The zero-order valence-electron chi connectivity index (χ0n) is 12.9. The van der Waals surface area contributed by atoms with Crippen molar-refractivity contribution in [3.8, 4) is 0 Å². The van der Waals surface area contributed by atoms with Gasteiger partial charge in [-0.3, -0.25) is 25.4 Å². The number of nitrogens with zero attached hydrogens (tertiary/aromatic N) is 1. The largest absolute Gasteiger partial charge is 0.271 e. The van der Waals surface area contributed by atoms with Gasteiger partial charge in [-0.1, -0.05) is 32.9 Å². The van der Waals surface area contributed by atoms with Crippen LogP contribution in [0, 0.1) is 0 Å². The highest BCUT2D eigenvalue weighted by Gasteiger charge is 2.14. The van der Waals surface area contributed by atoms with Crippen LogP contribution >= 0.6 is 0 Å². The monoisotopic (exact) mass is 297 g/mol. The maximum atomic E-state index is 12.0. The van der Waals surface area contributed by atoms with Gasteiger partial charge in [0.1, 0.15) is 0 Å². The van der Waals surface area contributed by atoms with Gasteiger partial charge < -0.3 is 0 Å². The van der Waals surface area contributed by atoms with E-state index in [4.69, 9.17) is 0 Å². The Hall–Kier alpha value is -2.69. The van der Waals surface area contributed by atoms with Crippen LogP contribution in [0.2, 0.25) is 0 Å². The number of carbonyl (C=O) groups excluding carboxylic acids is 2. The number of hydrazine groups is 1. The number of hydrogen-bond donors (Lipinski definition) is 2. The molecule has 0 atom stereocenters. The Bertz CT molecular complexity index is 659. The van der Waals surface area contributed by atoms with Crippen LogP contribution in [0.1, 0.15) is 47.1 Å². The Labute approximate surface area is 129 Å². The third-order valence-electron chi connectivity index (χ3n) is 3.23. The second kappa shape index (κ2) is 6.39. The van der Waals surface area contributed by atoms with E-state index < -0.39 is 5.91 Å². The molecule has 0 bridgehead atoms. The summed E-state index contributed by atoms with van der Waals surface area (Å²) in [4.78, 5) is 27.7. The van der Waals surface area contributed by atoms with Gasteiger partial charge >= 0.3 is 0 Å². The fourth-order valence-corrected chi connectivity index (χ4v) is 1.88. The van der Waals surface area contributed by atoms with Gasteiger partial charge in [-0.05, 0) is 35.2 Å². The zero-order valence-corrected chi connectivity index (χ0v) is 12.9. The molecule has 2 rings (SSSR count). The summed E-state index contributed by atoms with van der Waals surface area (Å²) in [6.07, 6.45) is 3.01. The van der Waals surface area contributed by atoms with E-state index in [1.54, 1.807) is 30.5 Å². The van der Waals surface area contributed by atoms with E-state index in [9.17, 15) is 9.59 Å². The molecular weight excluding hydrogens is 278 g/mol. The number of carbonyl (C=O) groups is 2. The number of hydrogen-bond acceptors (Lipinski definition) is 3. The van der Waals surface area contributed by atoms with Crippen molar-refractivity contribution in [2.75, 3.05) is 0 Å². The lowest BCUT2D eigenvalue weighted by Gasteiger charge is -2.19. The highest BCUT2D eigenvalue weighted by Crippen LogP contribution is 2.22. The van der Waals surface area contributed by atoms with Crippen molar-refractivity contribution < 1.29 is 9.59 Å². The Balaban J connectivity index is 1.97. The van der Waals surface area contributed by atoms with Gasteiger partial charge in [-0.2, -0.15) is 0 Å². The minimum absolute atomic E-state index is 0.0313. The topological polar surface area (TPSA) is 71.1 Å². The molecule has 5 heteroatoms. The molecule has 0 unspecified atom stereocenters. The summed E-state index contributed by atoms with van der Waals surface area (Å²) in [6.45, 7) is 6.32. The maximum absolute atomic E-state index is 12.0. The average Bonchev–Trinajstić information content (AvgIpc) is 2.52. The third kappa shape index (κ3) is 3.91. The van der Waals surface area contributed by atoms with Gasteiger partial charge in [-0.25, -0.2) is 0 Å². The molecule has 0 aliphatic carbocycles. The van der Waals surface area contributed by atoms with Gasteiger partial charge in [0.15, 0.2) is 0 Å². The molecule has 2 amide bonds. The summed E-state index contributed by atoms with van der Waals surface area (Å²) in [7, 11) is 0. The van der Waals surface area contributed by atoms with Crippen molar-refractivity contribution in [1.29, 1.82) is 0 Å². The summed E-state index contributed by atoms with van der Waals surface area (Å²) in [6, 6.07) is 10.6. The van der Waals surface area contributed by atoms with Crippen LogP contribution in [-0.2, 0) is 5.41 Å². The quantitative estimate of drug-likeness (QED) is 0.836. The first-order chi connectivity index (χ1) is 10.4. The number of aromatic nitrogens is 1. The van der Waals surface area contributed by atoms with Crippen molar-refractivity contribution in [2.45, 2.75) is 26.2 Å². The normalized spacial score (nSPS) is 10.9. The van der Waals surface area contributed by atoms with Crippen molar-refractivity contribution in [3.63, 3.8) is 0 Å². The molecule has 0 aliphatic heterocycles. The molecule has 5 nitrogen and oxygen atoms in total. The molecule has 0 aliphatic rings. The van der Waals surface area contributed by atoms with Crippen molar-refractivity contribution in [1.82, 2.24) is 15.8 Å². The Morgan fingerprint density at radius 1 is 0.909 bits per heavy atom. The SMILES string of the molecule is CC(C)(C)c1ccc(C(=O)NNC(=O)c2cccnc2)cc1. The van der Waals surface area contributed by atoms with Crippen LogP contribution < -0.4 is 10.9 Å². The van der Waals surface area contributed by atoms with Crippen LogP contribution in [0.4, 0.5) is 0 Å². The summed E-state index contributed by atoms with van der Waals surface area (Å²) in [5, 5.41) is 0. The number of pyridine rings is 1. The summed E-state index contributed by atoms with van der Waals surface area (Å²) in [5.74, 6) is -0.773. The fraction of sp³-hybridized carbons (Fsp3) is 0.235. The number of amides is 2. The first kappa shape index (κ1) is 15.7. The Kier molecular flexibility index (Phi) is 4.56. The van der Waals surface area contributed by atoms with E-state index in [-0.39, 0.29) is 11.3 Å². The van der Waals surface area contributed by atoms with E-state index in [1.807, 2.05) is 12.1 Å². The molecule has 1 heterocycles. The second-order valence-electron chi connectivity index (χ2n) is 5.98. The Morgan fingerprint density at radius 3 is 2.00 bits per heavy atom. The minimum Gasteiger partial charge on any atom is -0.267 e. The smallest absolute Gasteiger partial charge is 0.267 e. The van der Waals surface area contributed by atoms with Gasteiger partial charge in [-0.15, -0.1) is 0 Å². The molecule has 1 aromatic carbocycles. The van der Waals surface area contributed by atoms with E-state index in [0.717, 1.165) is 5.56 Å². The van der Waals surface area contributed by atoms with E-state index >= 15 is 0 Å². The van der Waals surface area contributed by atoms with E-state index in [1.165, 1.54) is 6.20 Å². The van der Waals surface area contributed by atoms with Gasteiger partial charge in [0.05, 0.1) is 5.56 Å². The van der Waals surface area contributed by atoms with Gasteiger partial charge in [0, 0.05) is 18.0 Å². The van der Waals surface area contributed by atoms with Crippen LogP contribution in [0.25, 0.3) is 0 Å². The molecule has 2 aromatic rings. The van der Waals surface area contributed by atoms with E-state index in [2.05, 4.69) is 36.6 Å². The lowest BCUT2D eigenvalue weighted by Crippen LogP contribution is -2.41. The predicted octanol–water partition coefficient (Wildman–Crippen LogP) is 2.45. The standard InChI is InChI=1S/C17H19N3O2/c1-17(2,3)14-8-6-12(7-9-14)15(21)19-20-16(22)13-5-4-10-18-11-13/h4-11H,1-3H3,(H,19,21)(H,20,22). The Morgan fingerprint density at radius 2 is 1.50 bits per heavy atom. The highest BCUT2D eigenvalue weighted by atomic mass is 16.2. The van der Waals surface area contributed by atoms with Crippen molar-refractivity contribution in [2.24, 2.45) is 0 Å². The number of rotatable bonds is 2. The first-order valence-electron chi connectivity index (χ1n) is 6.99. The number of benzene rings is 1. The zero-order chi connectivity index (χ0) is 16.2. The van der Waals surface area contributed by atoms with Crippen molar-refractivity contribution >= 4 is 11.8 Å². The van der Waals surface area contributed by atoms with Crippen LogP contribution in [0.3, 0.4) is 0 Å². The first-order valence-corrected chi connectivity index (χ1v) is 6.99. The number of nitrogens with one attached hydrogen (secondary N) is 2. The third-order valence-corrected chi connectivity index (χ3v) is 3.23. The lowest BCUT2D eigenvalue weighted by atomic mass is 9.87. The van der Waals surface area contributed by atoms with Crippen LogP contribution in [0.5, 0.6) is 0 Å². The molecule has 0 saturated heterocycles. The van der Waals surface area contributed by atoms with Gasteiger partial charge in [0.2, 0.25) is 0 Å². The molecule has 0 saturated carbocycles. The van der Waals surface area contributed by atoms with E-state index in [0.29, 0.717) is 11.1 Å². The molecular formula is C17H19N3O2. The molecule has 22 heavy (non-hydrogen) atoms. The van der Waals surface area contributed by atoms with Crippen molar-refractivity contribution in [3.05, 3.63) is 65.5 Å². The summed E-state index contributed by atoms with van der Waals surface area (Å²) in [5.41, 5.74) is 6.79. The molecule has 0 radical (unpaired) electrons. The highest BCUT2D eigenvalue weighted by molar-refractivity contribution is 5.98. The molecule has 114 valence electrons. The average molecular weight is 297 g/mol. The minimum atomic E-state index is -0.409. The fourth-order valence-electron chi connectivity index (χ4n) is 1.88. The summed E-state index contributed by atoms with van der Waals surface area (Å²) >= 11 is 0. The molecule has 1 aromatic heterocycles. The van der Waals surface area contributed by atoms with Crippen LogP contribution in [-0.4, -0.2) is 16.8 Å². The van der Waals surface area contributed by atoms with Crippen LogP contribution in [0.15, 0.2) is 48.8 Å². The summed E-state index contributed by atoms with van der Waals surface area (Å²) < 4.78 is 0. The second-order valence-corrected chi connectivity index (χ2v) is 5.98.